The standard InChI is InChI=1S/C24H30N6OS/c1-15-12-17(3)22(18(4)13-15)29-21(31)10-7-11-32-14-20-27-23(25)30-24(28-20)26-19-9-6-5-8-16(19)2/h5-6,8-9,12-13H,7,10-11,14H2,1-4H3,(H,29,31)(H3,25,26,27,28,30). The van der Waals surface area contributed by atoms with E-state index in [1.54, 1.807) is 11.8 Å². The summed E-state index contributed by atoms with van der Waals surface area (Å²) in [5.41, 5.74) is 12.2. The molecule has 7 nitrogen and oxygen atoms in total. The van der Waals surface area contributed by atoms with Crippen molar-refractivity contribution in [1.82, 2.24) is 15.0 Å². The number of nitrogen functional groups attached to an aromatic ring is 1. The summed E-state index contributed by atoms with van der Waals surface area (Å²) in [6, 6.07) is 12.1. The Labute approximate surface area is 193 Å². The third kappa shape index (κ3) is 6.68. The Hall–Kier alpha value is -3.13. The fraction of sp³-hybridized carbons (Fsp3) is 0.333. The van der Waals surface area contributed by atoms with Crippen LogP contribution in [0.5, 0.6) is 0 Å². The molecule has 3 aromatic rings. The smallest absolute Gasteiger partial charge is 0.232 e. The number of anilines is 4. The number of carbonyl (C=O) groups excluding carboxylic acids is 1. The van der Waals surface area contributed by atoms with E-state index >= 15 is 0 Å². The number of nitrogens with zero attached hydrogens (tertiary/aromatic N) is 3. The monoisotopic (exact) mass is 450 g/mol. The molecular weight excluding hydrogens is 420 g/mol. The summed E-state index contributed by atoms with van der Waals surface area (Å²) in [6.45, 7) is 8.12. The molecule has 0 unspecified atom stereocenters. The molecule has 1 heterocycles. The summed E-state index contributed by atoms with van der Waals surface area (Å²) < 4.78 is 0. The first-order valence-electron chi connectivity index (χ1n) is 10.6. The molecule has 0 aliphatic heterocycles. The number of aryl methyl sites for hydroxylation is 4. The summed E-state index contributed by atoms with van der Waals surface area (Å²) in [5.74, 6) is 2.71. The zero-order valence-electron chi connectivity index (χ0n) is 19.0. The van der Waals surface area contributed by atoms with E-state index in [9.17, 15) is 4.79 Å². The van der Waals surface area contributed by atoms with E-state index in [0.29, 0.717) is 23.9 Å². The van der Waals surface area contributed by atoms with Crippen LogP contribution >= 0.6 is 11.8 Å². The highest BCUT2D eigenvalue weighted by molar-refractivity contribution is 7.98. The van der Waals surface area contributed by atoms with Gasteiger partial charge in [-0.05, 0) is 62.6 Å². The molecule has 0 saturated carbocycles. The van der Waals surface area contributed by atoms with Gasteiger partial charge in [0, 0.05) is 17.8 Å². The van der Waals surface area contributed by atoms with E-state index in [2.05, 4.69) is 44.6 Å². The van der Waals surface area contributed by atoms with Gasteiger partial charge >= 0.3 is 0 Å². The van der Waals surface area contributed by atoms with Crippen molar-refractivity contribution in [2.75, 3.05) is 22.1 Å². The molecule has 3 rings (SSSR count). The van der Waals surface area contributed by atoms with E-state index < -0.39 is 0 Å². The van der Waals surface area contributed by atoms with Crippen LogP contribution in [0.15, 0.2) is 36.4 Å². The first-order chi connectivity index (χ1) is 15.3. The molecule has 0 fully saturated rings. The minimum atomic E-state index is 0.0368. The second-order valence-electron chi connectivity index (χ2n) is 7.85. The Balaban J connectivity index is 1.46. The molecule has 8 heteroatoms. The number of rotatable bonds is 9. The van der Waals surface area contributed by atoms with Crippen LogP contribution in [0.3, 0.4) is 0 Å². The lowest BCUT2D eigenvalue weighted by Gasteiger charge is -2.12. The van der Waals surface area contributed by atoms with Crippen molar-refractivity contribution >= 4 is 40.9 Å². The lowest BCUT2D eigenvalue weighted by molar-refractivity contribution is -0.116. The van der Waals surface area contributed by atoms with Gasteiger partial charge in [0.2, 0.25) is 17.8 Å². The highest BCUT2D eigenvalue weighted by Crippen LogP contribution is 2.23. The van der Waals surface area contributed by atoms with Crippen molar-refractivity contribution in [1.29, 1.82) is 0 Å². The van der Waals surface area contributed by atoms with Gasteiger partial charge in [0.25, 0.3) is 0 Å². The lowest BCUT2D eigenvalue weighted by Crippen LogP contribution is -2.13. The Morgan fingerprint density at radius 1 is 1.00 bits per heavy atom. The van der Waals surface area contributed by atoms with E-state index in [1.807, 2.05) is 45.0 Å². The van der Waals surface area contributed by atoms with Crippen molar-refractivity contribution < 1.29 is 4.79 Å². The number of para-hydroxylation sites is 1. The Kier molecular flexibility index (Phi) is 8.05. The maximum absolute atomic E-state index is 12.3. The number of nitrogens with two attached hydrogens (primary N) is 1. The molecule has 0 atom stereocenters. The van der Waals surface area contributed by atoms with Crippen LogP contribution in [0, 0.1) is 27.7 Å². The van der Waals surface area contributed by atoms with Crippen LogP contribution in [0.1, 0.15) is 40.9 Å². The Bertz CT molecular complexity index is 1080. The SMILES string of the molecule is Cc1cc(C)c(NC(=O)CCCSCc2nc(N)nc(Nc3ccccc3C)n2)c(C)c1. The first kappa shape index (κ1) is 23.5. The zero-order valence-corrected chi connectivity index (χ0v) is 19.8. The van der Waals surface area contributed by atoms with Gasteiger partial charge in [-0.1, -0.05) is 35.9 Å². The molecule has 1 aromatic heterocycles. The normalized spacial score (nSPS) is 10.8. The number of benzene rings is 2. The maximum Gasteiger partial charge on any atom is 0.232 e. The summed E-state index contributed by atoms with van der Waals surface area (Å²) in [6.07, 6.45) is 1.24. The second-order valence-corrected chi connectivity index (χ2v) is 8.96. The molecule has 1 amide bonds. The molecule has 0 spiro atoms. The third-order valence-corrected chi connectivity index (χ3v) is 6.00. The molecule has 0 aliphatic rings. The fourth-order valence-corrected chi connectivity index (χ4v) is 4.27. The number of aromatic nitrogens is 3. The topological polar surface area (TPSA) is 106 Å². The number of nitrogens with one attached hydrogen (secondary N) is 2. The minimum absolute atomic E-state index is 0.0368. The van der Waals surface area contributed by atoms with Crippen LogP contribution in [0.25, 0.3) is 0 Å². The van der Waals surface area contributed by atoms with E-state index in [-0.39, 0.29) is 11.9 Å². The minimum Gasteiger partial charge on any atom is -0.368 e. The van der Waals surface area contributed by atoms with Gasteiger partial charge in [-0.15, -0.1) is 0 Å². The van der Waals surface area contributed by atoms with E-state index in [1.165, 1.54) is 5.56 Å². The highest BCUT2D eigenvalue weighted by Gasteiger charge is 2.09. The van der Waals surface area contributed by atoms with Crippen molar-refractivity contribution in [2.45, 2.75) is 46.3 Å². The van der Waals surface area contributed by atoms with Crippen molar-refractivity contribution in [2.24, 2.45) is 0 Å². The summed E-state index contributed by atoms with van der Waals surface area (Å²) in [4.78, 5) is 25.2. The van der Waals surface area contributed by atoms with E-state index in [4.69, 9.17) is 5.73 Å². The largest absolute Gasteiger partial charge is 0.368 e. The molecule has 4 N–H and O–H groups in total. The zero-order chi connectivity index (χ0) is 23.1. The van der Waals surface area contributed by atoms with Gasteiger partial charge in [0.1, 0.15) is 5.82 Å². The van der Waals surface area contributed by atoms with Crippen LogP contribution in [0.4, 0.5) is 23.3 Å². The number of thioether (sulfide) groups is 1. The number of amides is 1. The molecular formula is C24H30N6OS. The van der Waals surface area contributed by atoms with Gasteiger partial charge in [0.05, 0.1) is 5.75 Å². The maximum atomic E-state index is 12.3. The van der Waals surface area contributed by atoms with Crippen LogP contribution in [0.2, 0.25) is 0 Å². The lowest BCUT2D eigenvalue weighted by atomic mass is 10.0. The van der Waals surface area contributed by atoms with Crippen LogP contribution in [-0.4, -0.2) is 26.6 Å². The Morgan fingerprint density at radius 2 is 1.72 bits per heavy atom. The van der Waals surface area contributed by atoms with E-state index in [0.717, 1.165) is 40.2 Å². The molecule has 0 radical (unpaired) electrons. The van der Waals surface area contributed by atoms with Gasteiger partial charge in [-0.2, -0.15) is 26.7 Å². The van der Waals surface area contributed by atoms with Crippen molar-refractivity contribution in [3.05, 3.63) is 64.5 Å². The average Bonchev–Trinajstić information content (AvgIpc) is 2.72. The number of hydrogen-bond donors (Lipinski definition) is 3. The van der Waals surface area contributed by atoms with Gasteiger partial charge in [-0.25, -0.2) is 0 Å². The number of hydrogen-bond acceptors (Lipinski definition) is 7. The van der Waals surface area contributed by atoms with Gasteiger partial charge in [0.15, 0.2) is 0 Å². The quantitative estimate of drug-likeness (QED) is 0.390. The van der Waals surface area contributed by atoms with Crippen molar-refractivity contribution in [3.63, 3.8) is 0 Å². The van der Waals surface area contributed by atoms with Gasteiger partial charge in [-0.3, -0.25) is 4.79 Å². The summed E-state index contributed by atoms with van der Waals surface area (Å²) in [7, 11) is 0. The first-order valence-corrected chi connectivity index (χ1v) is 11.8. The summed E-state index contributed by atoms with van der Waals surface area (Å²) in [5, 5.41) is 6.25. The van der Waals surface area contributed by atoms with Gasteiger partial charge < -0.3 is 16.4 Å². The predicted octanol–water partition coefficient (Wildman–Crippen LogP) is 5.08. The molecule has 32 heavy (non-hydrogen) atoms. The predicted molar refractivity (Wildman–Crippen MR) is 133 cm³/mol. The number of carbonyl (C=O) groups is 1. The molecule has 0 saturated heterocycles. The van der Waals surface area contributed by atoms with Crippen LogP contribution < -0.4 is 16.4 Å². The molecule has 2 aromatic carbocycles. The average molecular weight is 451 g/mol. The Morgan fingerprint density at radius 3 is 2.44 bits per heavy atom. The second kappa shape index (κ2) is 10.9. The highest BCUT2D eigenvalue weighted by atomic mass is 32.2. The third-order valence-electron chi connectivity index (χ3n) is 4.96. The molecule has 0 bridgehead atoms. The summed E-state index contributed by atoms with van der Waals surface area (Å²) >= 11 is 1.67. The van der Waals surface area contributed by atoms with Crippen LogP contribution in [-0.2, 0) is 10.5 Å². The fourth-order valence-electron chi connectivity index (χ4n) is 3.47. The molecule has 0 aliphatic carbocycles. The van der Waals surface area contributed by atoms with Crippen molar-refractivity contribution in [3.8, 4) is 0 Å². The molecule has 168 valence electrons.